The molecule has 0 radical (unpaired) electrons. The van der Waals surface area contributed by atoms with Gasteiger partial charge < -0.3 is 10.2 Å². The first kappa shape index (κ1) is 14.6. The number of carbonyl (C=O) groups is 1. The standard InChI is InChI=1S/C16H28N2O/c1-4-16(19)18-9-8-14(11-18)17-10-15-12(2)6-5-7-13(15)3/h6,13-15,17H,4-5,7-11H2,1-3H3/t13-,14+,15+/m1/s1. The van der Waals surface area contributed by atoms with Crippen LogP contribution in [0, 0.1) is 11.8 Å². The third-order valence-corrected chi connectivity index (χ3v) is 4.83. The maximum Gasteiger partial charge on any atom is 0.222 e. The molecule has 1 aliphatic heterocycles. The monoisotopic (exact) mass is 264 g/mol. The largest absolute Gasteiger partial charge is 0.341 e. The molecule has 3 nitrogen and oxygen atoms in total. The van der Waals surface area contributed by atoms with Gasteiger partial charge in [0.25, 0.3) is 0 Å². The highest BCUT2D eigenvalue weighted by atomic mass is 16.2. The molecule has 0 unspecified atom stereocenters. The van der Waals surface area contributed by atoms with Gasteiger partial charge in [0, 0.05) is 32.1 Å². The van der Waals surface area contributed by atoms with E-state index in [2.05, 4.69) is 25.2 Å². The Bertz CT molecular complexity index is 351. The molecular weight excluding hydrogens is 236 g/mol. The molecule has 1 fully saturated rings. The van der Waals surface area contributed by atoms with Crippen LogP contribution in [0.5, 0.6) is 0 Å². The molecule has 0 aromatic carbocycles. The van der Waals surface area contributed by atoms with Crippen molar-refractivity contribution in [3.05, 3.63) is 11.6 Å². The lowest BCUT2D eigenvalue weighted by Gasteiger charge is -2.30. The summed E-state index contributed by atoms with van der Waals surface area (Å²) in [7, 11) is 0. The minimum Gasteiger partial charge on any atom is -0.341 e. The van der Waals surface area contributed by atoms with Gasteiger partial charge in [0.15, 0.2) is 0 Å². The Hall–Kier alpha value is -0.830. The molecule has 0 aromatic rings. The molecule has 0 spiro atoms. The first-order valence-electron chi connectivity index (χ1n) is 7.79. The minimum absolute atomic E-state index is 0.298. The lowest BCUT2D eigenvalue weighted by molar-refractivity contribution is -0.129. The molecule has 0 saturated carbocycles. The fourth-order valence-corrected chi connectivity index (χ4v) is 3.41. The average Bonchev–Trinajstić information content (AvgIpc) is 2.86. The van der Waals surface area contributed by atoms with Crippen LogP contribution in [0.25, 0.3) is 0 Å². The van der Waals surface area contributed by atoms with Gasteiger partial charge >= 0.3 is 0 Å². The van der Waals surface area contributed by atoms with Crippen LogP contribution in [-0.4, -0.2) is 36.5 Å². The Kier molecular flexibility index (Phi) is 5.03. The van der Waals surface area contributed by atoms with Crippen LogP contribution in [0.15, 0.2) is 11.6 Å². The molecule has 0 aromatic heterocycles. The lowest BCUT2D eigenvalue weighted by atomic mass is 9.80. The van der Waals surface area contributed by atoms with Crippen molar-refractivity contribution in [2.75, 3.05) is 19.6 Å². The summed E-state index contributed by atoms with van der Waals surface area (Å²) in [6.45, 7) is 9.48. The van der Waals surface area contributed by atoms with Crippen molar-refractivity contribution in [1.29, 1.82) is 0 Å². The van der Waals surface area contributed by atoms with E-state index in [4.69, 9.17) is 0 Å². The van der Waals surface area contributed by atoms with Crippen molar-refractivity contribution in [2.45, 2.75) is 52.5 Å². The number of rotatable bonds is 4. The van der Waals surface area contributed by atoms with Gasteiger partial charge in [-0.05, 0) is 38.0 Å². The van der Waals surface area contributed by atoms with Crippen LogP contribution >= 0.6 is 0 Å². The highest BCUT2D eigenvalue weighted by Gasteiger charge is 2.27. The van der Waals surface area contributed by atoms with Crippen molar-refractivity contribution in [3.8, 4) is 0 Å². The fourth-order valence-electron chi connectivity index (χ4n) is 3.41. The molecule has 1 saturated heterocycles. The zero-order valence-electron chi connectivity index (χ0n) is 12.6. The summed E-state index contributed by atoms with van der Waals surface area (Å²) in [4.78, 5) is 13.7. The number of amides is 1. The summed E-state index contributed by atoms with van der Waals surface area (Å²) in [5.74, 6) is 1.77. The highest BCUT2D eigenvalue weighted by Crippen LogP contribution is 2.29. The number of carbonyl (C=O) groups excluding carboxylic acids is 1. The van der Waals surface area contributed by atoms with Crippen molar-refractivity contribution >= 4 is 5.91 Å². The Balaban J connectivity index is 1.79. The molecule has 108 valence electrons. The minimum atomic E-state index is 0.298. The quantitative estimate of drug-likeness (QED) is 0.792. The molecular formula is C16H28N2O. The van der Waals surface area contributed by atoms with Gasteiger partial charge in [-0.1, -0.05) is 25.5 Å². The van der Waals surface area contributed by atoms with Gasteiger partial charge in [-0.15, -0.1) is 0 Å². The Labute approximate surface area is 117 Å². The lowest BCUT2D eigenvalue weighted by Crippen LogP contribution is -2.39. The van der Waals surface area contributed by atoms with Crippen LogP contribution in [-0.2, 0) is 4.79 Å². The van der Waals surface area contributed by atoms with Crippen molar-refractivity contribution in [2.24, 2.45) is 11.8 Å². The van der Waals surface area contributed by atoms with Crippen LogP contribution < -0.4 is 5.32 Å². The topological polar surface area (TPSA) is 32.3 Å². The van der Waals surface area contributed by atoms with Gasteiger partial charge in [0.05, 0.1) is 0 Å². The molecule has 3 heteroatoms. The summed E-state index contributed by atoms with van der Waals surface area (Å²) >= 11 is 0. The maximum absolute atomic E-state index is 11.7. The van der Waals surface area contributed by atoms with E-state index in [1.807, 2.05) is 11.8 Å². The van der Waals surface area contributed by atoms with E-state index in [9.17, 15) is 4.79 Å². The summed E-state index contributed by atoms with van der Waals surface area (Å²) in [5.41, 5.74) is 1.55. The van der Waals surface area contributed by atoms with Crippen molar-refractivity contribution in [3.63, 3.8) is 0 Å². The predicted octanol–water partition coefficient (Wildman–Crippen LogP) is 2.58. The number of hydrogen-bond acceptors (Lipinski definition) is 2. The van der Waals surface area contributed by atoms with Crippen LogP contribution in [0.2, 0.25) is 0 Å². The summed E-state index contributed by atoms with van der Waals surface area (Å²) < 4.78 is 0. The second-order valence-electron chi connectivity index (χ2n) is 6.20. The van der Waals surface area contributed by atoms with E-state index in [1.54, 1.807) is 5.57 Å². The van der Waals surface area contributed by atoms with E-state index in [1.165, 1.54) is 12.8 Å². The van der Waals surface area contributed by atoms with Crippen LogP contribution in [0.4, 0.5) is 0 Å². The molecule has 1 heterocycles. The average molecular weight is 264 g/mol. The van der Waals surface area contributed by atoms with E-state index in [0.29, 0.717) is 24.3 Å². The van der Waals surface area contributed by atoms with E-state index < -0.39 is 0 Å². The smallest absolute Gasteiger partial charge is 0.222 e. The summed E-state index contributed by atoms with van der Waals surface area (Å²) in [6, 6.07) is 0.498. The first-order valence-corrected chi connectivity index (χ1v) is 7.79. The van der Waals surface area contributed by atoms with Gasteiger partial charge in [0.1, 0.15) is 0 Å². The summed E-state index contributed by atoms with van der Waals surface area (Å²) in [5, 5.41) is 3.69. The summed E-state index contributed by atoms with van der Waals surface area (Å²) in [6.07, 6.45) is 6.69. The normalized spacial score (nSPS) is 31.4. The number of nitrogens with zero attached hydrogens (tertiary/aromatic N) is 1. The molecule has 1 N–H and O–H groups in total. The van der Waals surface area contributed by atoms with Gasteiger partial charge in [-0.3, -0.25) is 4.79 Å². The third kappa shape index (κ3) is 3.59. The van der Waals surface area contributed by atoms with E-state index in [0.717, 1.165) is 32.0 Å². The fraction of sp³-hybridized carbons (Fsp3) is 0.812. The second-order valence-corrected chi connectivity index (χ2v) is 6.20. The zero-order chi connectivity index (χ0) is 13.8. The van der Waals surface area contributed by atoms with Gasteiger partial charge in [0.2, 0.25) is 5.91 Å². The second kappa shape index (κ2) is 6.56. The van der Waals surface area contributed by atoms with E-state index >= 15 is 0 Å². The maximum atomic E-state index is 11.7. The Morgan fingerprint density at radius 2 is 2.26 bits per heavy atom. The van der Waals surface area contributed by atoms with Crippen LogP contribution in [0.1, 0.15) is 46.5 Å². The predicted molar refractivity (Wildman–Crippen MR) is 78.9 cm³/mol. The number of allylic oxidation sites excluding steroid dienone is 1. The highest BCUT2D eigenvalue weighted by molar-refractivity contribution is 5.76. The number of hydrogen-bond donors (Lipinski definition) is 1. The molecule has 1 amide bonds. The number of likely N-dealkylation sites (tertiary alicyclic amines) is 1. The molecule has 1 aliphatic carbocycles. The molecule has 2 aliphatic rings. The Morgan fingerprint density at radius 3 is 2.95 bits per heavy atom. The number of nitrogens with one attached hydrogen (secondary N) is 1. The van der Waals surface area contributed by atoms with Crippen molar-refractivity contribution < 1.29 is 4.79 Å². The Morgan fingerprint density at radius 1 is 1.47 bits per heavy atom. The zero-order valence-corrected chi connectivity index (χ0v) is 12.6. The SMILES string of the molecule is CCC(=O)N1CC[C@H](NC[C@H]2C(C)=CCC[C@H]2C)C1. The van der Waals surface area contributed by atoms with Crippen molar-refractivity contribution in [1.82, 2.24) is 10.2 Å². The molecule has 2 rings (SSSR count). The first-order chi connectivity index (χ1) is 9.11. The third-order valence-electron chi connectivity index (χ3n) is 4.83. The van der Waals surface area contributed by atoms with Gasteiger partial charge in [-0.25, -0.2) is 0 Å². The molecule has 19 heavy (non-hydrogen) atoms. The van der Waals surface area contributed by atoms with Gasteiger partial charge in [-0.2, -0.15) is 0 Å². The molecule has 0 bridgehead atoms. The van der Waals surface area contributed by atoms with Crippen LogP contribution in [0.3, 0.4) is 0 Å². The molecule has 3 atom stereocenters. The van der Waals surface area contributed by atoms with E-state index in [-0.39, 0.29) is 0 Å².